The molecule has 1 aliphatic carbocycles. The number of nitrogens with one attached hydrogen (secondary N) is 2. The van der Waals surface area contributed by atoms with Gasteiger partial charge in [-0.15, -0.1) is 0 Å². The first-order valence-corrected chi connectivity index (χ1v) is 26.2. The average Bonchev–Trinajstić information content (AvgIpc) is 3.25. The van der Waals surface area contributed by atoms with Crippen LogP contribution in [0.15, 0.2) is 133 Å². The first-order chi connectivity index (χ1) is 31.2. The maximum Gasteiger partial charge on any atom is 0.512 e. The van der Waals surface area contributed by atoms with Crippen molar-refractivity contribution in [2.24, 2.45) is 16.3 Å². The van der Waals surface area contributed by atoms with Gasteiger partial charge in [0.25, 0.3) is 20.1 Å². The number of esters is 1. The van der Waals surface area contributed by atoms with Crippen LogP contribution in [-0.2, 0) is 49.7 Å². The van der Waals surface area contributed by atoms with Crippen LogP contribution in [0.5, 0.6) is 0 Å². The standard InChI is InChI=1S/C44H43F3N4O12S4/c1-27(2)43(3,4)42(52)62-32-20-22-51(23-21-32)65(55,56)40-11-6-5-10-37(40)41-35-18-14-30(48-28-12-16-33(17-13-28)64(53,54)50-67(60,61)44(45,46)47)25-38(35)63-39-26-31(15-19-36(39)41)49-29-8-7-9-34(24-29)66(57,58)59/h5-19,24-27,32,49-50H,20-23H2,1-4H3,(H,57,58,59). The number of sulfonamides is 3. The number of carbonyl (C=O) groups excluding carboxylic acids is 1. The number of hydrogen-bond acceptors (Lipinski definition) is 13. The molecular weight excluding hydrogens is 962 g/mol. The van der Waals surface area contributed by atoms with Gasteiger partial charge in [0.2, 0.25) is 10.0 Å². The van der Waals surface area contributed by atoms with Crippen LogP contribution in [-0.4, -0.2) is 73.2 Å². The van der Waals surface area contributed by atoms with E-state index in [9.17, 15) is 56.2 Å². The molecular formula is C44H43F3N4O12S4. The molecule has 1 fully saturated rings. The zero-order chi connectivity index (χ0) is 48.9. The molecule has 2 heterocycles. The summed E-state index contributed by atoms with van der Waals surface area (Å²) in [6, 6.07) is 25.5. The van der Waals surface area contributed by atoms with Crippen molar-refractivity contribution >= 4 is 74.2 Å². The topological polar surface area (TPSA) is 236 Å². The number of ether oxygens (including phenoxy) is 1. The van der Waals surface area contributed by atoms with Crippen LogP contribution in [0, 0.1) is 11.3 Å². The molecule has 0 spiro atoms. The minimum absolute atomic E-state index is 0.0170. The second-order valence-corrected chi connectivity index (χ2v) is 23.5. The smallest absolute Gasteiger partial charge is 0.462 e. The second-order valence-electron chi connectivity index (χ2n) is 16.5. The number of alkyl halides is 3. The first kappa shape index (κ1) is 49.2. The second kappa shape index (κ2) is 18.1. The molecule has 0 radical (unpaired) electrons. The zero-order valence-electron chi connectivity index (χ0n) is 36.0. The molecule has 1 saturated heterocycles. The van der Waals surface area contributed by atoms with E-state index in [1.54, 1.807) is 54.6 Å². The molecule has 0 saturated carbocycles. The van der Waals surface area contributed by atoms with Gasteiger partial charge in [0, 0.05) is 58.7 Å². The Hall–Kier alpha value is -5.69. The lowest BCUT2D eigenvalue weighted by atomic mass is 9.81. The highest BCUT2D eigenvalue weighted by Gasteiger charge is 2.48. The van der Waals surface area contributed by atoms with Gasteiger partial charge in [0.1, 0.15) is 17.4 Å². The zero-order valence-corrected chi connectivity index (χ0v) is 39.2. The number of hydrogen-bond donors (Lipinski definition) is 3. The van der Waals surface area contributed by atoms with Gasteiger partial charge in [-0.2, -0.15) is 25.9 Å². The Morgan fingerprint density at radius 1 is 0.791 bits per heavy atom. The fourth-order valence-electron chi connectivity index (χ4n) is 7.07. The van der Waals surface area contributed by atoms with Crippen molar-refractivity contribution in [3.63, 3.8) is 0 Å². The van der Waals surface area contributed by atoms with Crippen molar-refractivity contribution in [1.82, 2.24) is 8.43 Å². The predicted molar refractivity (Wildman–Crippen MR) is 241 cm³/mol. The molecule has 356 valence electrons. The Balaban J connectivity index is 1.30. The molecule has 3 aliphatic rings. The van der Waals surface area contributed by atoms with Gasteiger partial charge in [-0.1, -0.05) is 42.2 Å². The van der Waals surface area contributed by atoms with E-state index in [-0.39, 0.29) is 70.0 Å². The van der Waals surface area contributed by atoms with Gasteiger partial charge in [-0.3, -0.25) is 9.35 Å². The van der Waals surface area contributed by atoms with Crippen LogP contribution in [0.3, 0.4) is 0 Å². The third-order valence-corrected chi connectivity index (χ3v) is 17.5. The van der Waals surface area contributed by atoms with Crippen LogP contribution < -0.4 is 14.8 Å². The largest absolute Gasteiger partial charge is 0.512 e. The van der Waals surface area contributed by atoms with Gasteiger partial charge in [0.05, 0.1) is 31.1 Å². The van der Waals surface area contributed by atoms with Crippen molar-refractivity contribution in [2.45, 2.75) is 66.8 Å². The Labute approximate surface area is 384 Å². The average molecular weight is 1010 g/mol. The highest BCUT2D eigenvalue weighted by Crippen LogP contribution is 2.44. The minimum atomic E-state index is -6.23. The van der Waals surface area contributed by atoms with Crippen molar-refractivity contribution in [2.75, 3.05) is 18.4 Å². The van der Waals surface area contributed by atoms with Crippen LogP contribution in [0.1, 0.15) is 40.5 Å². The minimum Gasteiger partial charge on any atom is -0.462 e. The highest BCUT2D eigenvalue weighted by molar-refractivity contribution is 8.05. The molecule has 23 heteroatoms. The number of carbonyl (C=O) groups is 1. The lowest BCUT2D eigenvalue weighted by Gasteiger charge is -2.34. The number of nitrogens with zero attached hydrogens (tertiary/aromatic N) is 2. The summed E-state index contributed by atoms with van der Waals surface area (Å²) >= 11 is 0. The monoisotopic (exact) mass is 1000 g/mol. The molecule has 0 amide bonds. The number of piperidine rings is 1. The van der Waals surface area contributed by atoms with Crippen molar-refractivity contribution in [1.29, 1.82) is 0 Å². The van der Waals surface area contributed by atoms with Crippen molar-refractivity contribution < 1.29 is 65.3 Å². The summed E-state index contributed by atoms with van der Waals surface area (Å²) in [6.07, 6.45) is 0.0862. The molecule has 0 unspecified atom stereocenters. The third-order valence-electron chi connectivity index (χ3n) is 11.5. The Morgan fingerprint density at radius 3 is 2.09 bits per heavy atom. The molecule has 67 heavy (non-hydrogen) atoms. The molecule has 0 bridgehead atoms. The molecule has 0 atom stereocenters. The summed E-state index contributed by atoms with van der Waals surface area (Å²) in [5, 5.41) is 3.77. The summed E-state index contributed by atoms with van der Waals surface area (Å²) < 4.78 is 163. The summed E-state index contributed by atoms with van der Waals surface area (Å²) in [6.45, 7) is 7.63. The number of fused-ring (bicyclic) bond motifs is 2. The van der Waals surface area contributed by atoms with Gasteiger partial charge >= 0.3 is 21.5 Å². The molecule has 7 rings (SSSR count). The molecule has 16 nitrogen and oxygen atoms in total. The van der Waals surface area contributed by atoms with E-state index in [1.807, 2.05) is 27.7 Å². The van der Waals surface area contributed by atoms with E-state index >= 15 is 0 Å². The van der Waals surface area contributed by atoms with E-state index < -0.39 is 62.1 Å². The lowest BCUT2D eigenvalue weighted by Crippen LogP contribution is -2.43. The first-order valence-electron chi connectivity index (χ1n) is 20.3. The van der Waals surface area contributed by atoms with Crippen LogP contribution in [0.4, 0.5) is 30.2 Å². The summed E-state index contributed by atoms with van der Waals surface area (Å²) in [5.74, 6) is -0.149. The summed E-state index contributed by atoms with van der Waals surface area (Å²) in [7, 11) is -20.1. The maximum absolute atomic E-state index is 14.6. The van der Waals surface area contributed by atoms with Gasteiger partial charge < -0.3 is 14.5 Å². The Morgan fingerprint density at radius 2 is 1.45 bits per heavy atom. The third kappa shape index (κ3) is 10.4. The molecule has 3 N–H and O–H groups in total. The van der Waals surface area contributed by atoms with E-state index in [2.05, 4.69) is 10.3 Å². The summed E-state index contributed by atoms with van der Waals surface area (Å²) in [4.78, 5) is 16.3. The van der Waals surface area contributed by atoms with Gasteiger partial charge in [0.15, 0.2) is 0 Å². The maximum atomic E-state index is 14.6. The normalized spacial score (nSPS) is 15.3. The molecule has 2 aliphatic heterocycles. The summed E-state index contributed by atoms with van der Waals surface area (Å²) in [5.41, 5.74) is -4.38. The Kier molecular flexibility index (Phi) is 13.3. The van der Waals surface area contributed by atoms with E-state index in [0.29, 0.717) is 37.6 Å². The van der Waals surface area contributed by atoms with Crippen LogP contribution in [0.25, 0.3) is 33.4 Å². The fourth-order valence-corrected chi connectivity index (χ4v) is 11.7. The fraction of sp³-hybridized carbons (Fsp3) is 0.273. The van der Waals surface area contributed by atoms with Gasteiger partial charge in [-0.25, -0.2) is 30.2 Å². The highest BCUT2D eigenvalue weighted by atomic mass is 32.3. The van der Waals surface area contributed by atoms with E-state index in [0.717, 1.165) is 24.3 Å². The Bertz CT molecular complexity index is 3390. The number of anilines is 2. The number of rotatable bonds is 13. The number of benzene rings is 5. The lowest BCUT2D eigenvalue weighted by molar-refractivity contribution is -0.163. The molecule has 0 aromatic heterocycles. The predicted octanol–water partition coefficient (Wildman–Crippen LogP) is 7.93. The van der Waals surface area contributed by atoms with Crippen molar-refractivity contribution in [3.05, 3.63) is 115 Å². The number of halogens is 3. The van der Waals surface area contributed by atoms with E-state index in [1.165, 1.54) is 34.6 Å². The molecule has 4 aromatic carbocycles. The SMILES string of the molecule is CC(C)C(C)(C)C(=O)OC1CCN(S(=O)(=O)c2ccccc2-c2c3ccc(=Nc4ccc(S(=O)(=O)NS(=O)(=O)C(F)(F)F)cc4)cc-3oc3cc(Nc4cccc(S(=O)(=O)O)c4)ccc23)CC1. The van der Waals surface area contributed by atoms with Crippen molar-refractivity contribution in [3.8, 4) is 22.5 Å². The van der Waals surface area contributed by atoms with Crippen LogP contribution >= 0.6 is 0 Å². The van der Waals surface area contributed by atoms with E-state index in [4.69, 9.17) is 9.15 Å². The van der Waals surface area contributed by atoms with Crippen LogP contribution in [0.2, 0.25) is 0 Å². The quantitative estimate of drug-likeness (QED) is 0.0567. The molecule has 4 aromatic rings. The van der Waals surface area contributed by atoms with Gasteiger partial charge in [-0.05, 0) is 105 Å².